The number of carbonyl (C=O) groups excluding carboxylic acids is 1. The number of rotatable bonds is 2. The van der Waals surface area contributed by atoms with E-state index in [9.17, 15) is 9.90 Å². The highest BCUT2D eigenvalue weighted by atomic mass is 35.5. The van der Waals surface area contributed by atoms with Crippen LogP contribution in [0.3, 0.4) is 0 Å². The molecule has 1 fully saturated rings. The van der Waals surface area contributed by atoms with Gasteiger partial charge in [-0.05, 0) is 49.1 Å². The van der Waals surface area contributed by atoms with Crippen molar-refractivity contribution in [3.8, 4) is 0 Å². The SMILES string of the molecule is Cc1cc(C2(O)CCN(C(=O)Nc3n[nH]c4ccccc34)CC2)ccc1Cl. The molecule has 1 aliphatic heterocycles. The van der Waals surface area contributed by atoms with Crippen LogP contribution < -0.4 is 5.32 Å². The van der Waals surface area contributed by atoms with Crippen molar-refractivity contribution in [2.75, 3.05) is 18.4 Å². The minimum absolute atomic E-state index is 0.207. The Kier molecular flexibility index (Phi) is 4.53. The summed E-state index contributed by atoms with van der Waals surface area (Å²) in [6.07, 6.45) is 0.950. The second kappa shape index (κ2) is 6.87. The van der Waals surface area contributed by atoms with Crippen LogP contribution in [0, 0.1) is 6.92 Å². The average Bonchev–Trinajstić information content (AvgIpc) is 3.07. The standard InChI is InChI=1S/C20H21ClN4O2/c1-13-12-14(6-7-16(13)21)20(27)8-10-25(11-9-20)19(26)22-18-15-4-2-3-5-17(15)23-24-18/h2-7,12,27H,8-11H2,1H3,(H2,22,23,24,26). The molecule has 140 valence electrons. The summed E-state index contributed by atoms with van der Waals surface area (Å²) in [6.45, 7) is 2.85. The Labute approximate surface area is 162 Å². The van der Waals surface area contributed by atoms with E-state index in [2.05, 4.69) is 15.5 Å². The molecule has 1 aliphatic rings. The number of fused-ring (bicyclic) bond motifs is 1. The van der Waals surface area contributed by atoms with Gasteiger partial charge in [-0.15, -0.1) is 0 Å². The molecular formula is C20H21ClN4O2. The second-order valence-corrected chi connectivity index (χ2v) is 7.44. The number of nitrogens with zero attached hydrogens (tertiary/aromatic N) is 2. The Hall–Kier alpha value is -2.57. The molecule has 3 aromatic rings. The highest BCUT2D eigenvalue weighted by Crippen LogP contribution is 2.34. The van der Waals surface area contributed by atoms with Gasteiger partial charge in [0.15, 0.2) is 5.82 Å². The Balaban J connectivity index is 1.44. The van der Waals surface area contributed by atoms with E-state index in [1.807, 2.05) is 49.4 Å². The van der Waals surface area contributed by atoms with Gasteiger partial charge >= 0.3 is 6.03 Å². The summed E-state index contributed by atoms with van der Waals surface area (Å²) in [4.78, 5) is 14.3. The summed E-state index contributed by atoms with van der Waals surface area (Å²) in [5, 5.41) is 22.5. The molecule has 0 bridgehead atoms. The zero-order chi connectivity index (χ0) is 19.0. The van der Waals surface area contributed by atoms with E-state index in [0.29, 0.717) is 36.8 Å². The Morgan fingerprint density at radius 1 is 1.26 bits per heavy atom. The van der Waals surface area contributed by atoms with Gasteiger partial charge in [0.1, 0.15) is 0 Å². The van der Waals surface area contributed by atoms with Crippen LogP contribution in [0.25, 0.3) is 10.9 Å². The molecule has 7 heteroatoms. The van der Waals surface area contributed by atoms with Crippen molar-refractivity contribution < 1.29 is 9.90 Å². The maximum Gasteiger partial charge on any atom is 0.323 e. The van der Waals surface area contributed by atoms with Crippen LogP contribution in [0.5, 0.6) is 0 Å². The zero-order valence-electron chi connectivity index (χ0n) is 15.0. The molecule has 2 heterocycles. The lowest BCUT2D eigenvalue weighted by molar-refractivity contribution is -0.0157. The van der Waals surface area contributed by atoms with Crippen LogP contribution in [0.2, 0.25) is 5.02 Å². The number of benzene rings is 2. The highest BCUT2D eigenvalue weighted by molar-refractivity contribution is 6.31. The molecule has 0 unspecified atom stereocenters. The number of anilines is 1. The fourth-order valence-electron chi connectivity index (χ4n) is 3.54. The lowest BCUT2D eigenvalue weighted by atomic mass is 9.84. The van der Waals surface area contributed by atoms with Crippen LogP contribution in [0.1, 0.15) is 24.0 Å². The molecule has 0 spiro atoms. The second-order valence-electron chi connectivity index (χ2n) is 7.03. The van der Waals surface area contributed by atoms with Crippen molar-refractivity contribution in [1.29, 1.82) is 0 Å². The van der Waals surface area contributed by atoms with Crippen molar-refractivity contribution in [3.05, 3.63) is 58.6 Å². The van der Waals surface area contributed by atoms with E-state index < -0.39 is 5.60 Å². The first-order chi connectivity index (χ1) is 13.0. The molecule has 0 aliphatic carbocycles. The first kappa shape index (κ1) is 17.8. The molecule has 3 N–H and O–H groups in total. The largest absolute Gasteiger partial charge is 0.385 e. The third kappa shape index (κ3) is 3.38. The molecule has 0 saturated carbocycles. The third-order valence-electron chi connectivity index (χ3n) is 5.27. The monoisotopic (exact) mass is 384 g/mol. The first-order valence-electron chi connectivity index (χ1n) is 8.94. The Morgan fingerprint density at radius 2 is 2.00 bits per heavy atom. The highest BCUT2D eigenvalue weighted by Gasteiger charge is 2.35. The van der Waals surface area contributed by atoms with E-state index >= 15 is 0 Å². The van der Waals surface area contributed by atoms with E-state index in [-0.39, 0.29) is 6.03 Å². The number of urea groups is 1. The number of aromatic amines is 1. The lowest BCUT2D eigenvalue weighted by Gasteiger charge is -2.38. The number of halogens is 1. The van der Waals surface area contributed by atoms with Crippen molar-refractivity contribution in [2.24, 2.45) is 0 Å². The number of nitrogens with one attached hydrogen (secondary N) is 2. The number of carbonyl (C=O) groups is 1. The van der Waals surface area contributed by atoms with Gasteiger partial charge in [-0.3, -0.25) is 10.4 Å². The van der Waals surface area contributed by atoms with Gasteiger partial charge < -0.3 is 10.0 Å². The molecule has 27 heavy (non-hydrogen) atoms. The fourth-order valence-corrected chi connectivity index (χ4v) is 3.66. The van der Waals surface area contributed by atoms with Crippen molar-refractivity contribution in [2.45, 2.75) is 25.4 Å². The van der Waals surface area contributed by atoms with Crippen molar-refractivity contribution >= 4 is 34.4 Å². The van der Waals surface area contributed by atoms with Gasteiger partial charge in [-0.1, -0.05) is 35.9 Å². The van der Waals surface area contributed by atoms with Gasteiger partial charge in [-0.25, -0.2) is 4.79 Å². The summed E-state index contributed by atoms with van der Waals surface area (Å²) in [7, 11) is 0. The average molecular weight is 385 g/mol. The lowest BCUT2D eigenvalue weighted by Crippen LogP contribution is -2.46. The molecule has 1 saturated heterocycles. The number of amides is 2. The number of piperidine rings is 1. The molecule has 1 aromatic heterocycles. The number of para-hydroxylation sites is 1. The third-order valence-corrected chi connectivity index (χ3v) is 5.69. The van der Waals surface area contributed by atoms with E-state index in [0.717, 1.165) is 22.0 Å². The smallest absolute Gasteiger partial charge is 0.323 e. The normalized spacial score (nSPS) is 16.5. The molecular weight excluding hydrogens is 364 g/mol. The van der Waals surface area contributed by atoms with Crippen LogP contribution in [-0.4, -0.2) is 39.3 Å². The predicted octanol–water partition coefficient (Wildman–Crippen LogP) is 4.04. The summed E-state index contributed by atoms with van der Waals surface area (Å²) in [6, 6.07) is 13.0. The minimum Gasteiger partial charge on any atom is -0.385 e. The number of hydrogen-bond acceptors (Lipinski definition) is 3. The Morgan fingerprint density at radius 3 is 2.74 bits per heavy atom. The van der Waals surface area contributed by atoms with Gasteiger partial charge in [0.05, 0.1) is 11.1 Å². The van der Waals surface area contributed by atoms with Crippen LogP contribution >= 0.6 is 11.6 Å². The molecule has 2 amide bonds. The topological polar surface area (TPSA) is 81.2 Å². The number of aromatic nitrogens is 2. The van der Waals surface area contributed by atoms with Crippen LogP contribution in [-0.2, 0) is 5.60 Å². The van der Waals surface area contributed by atoms with Gasteiger partial charge in [0, 0.05) is 23.5 Å². The van der Waals surface area contributed by atoms with Crippen LogP contribution in [0.4, 0.5) is 10.6 Å². The molecule has 4 rings (SSSR count). The fraction of sp³-hybridized carbons (Fsp3) is 0.300. The van der Waals surface area contributed by atoms with Gasteiger partial charge in [-0.2, -0.15) is 5.10 Å². The van der Waals surface area contributed by atoms with Crippen molar-refractivity contribution in [1.82, 2.24) is 15.1 Å². The van der Waals surface area contributed by atoms with Gasteiger partial charge in [0.2, 0.25) is 0 Å². The predicted molar refractivity (Wildman–Crippen MR) is 106 cm³/mol. The Bertz CT molecular complexity index is 993. The molecule has 6 nitrogen and oxygen atoms in total. The summed E-state index contributed by atoms with van der Waals surface area (Å²) in [5.74, 6) is 0.518. The number of H-pyrrole nitrogens is 1. The minimum atomic E-state index is -0.939. The zero-order valence-corrected chi connectivity index (χ0v) is 15.8. The first-order valence-corrected chi connectivity index (χ1v) is 9.32. The molecule has 2 aromatic carbocycles. The van der Waals surface area contributed by atoms with Gasteiger partial charge in [0.25, 0.3) is 0 Å². The molecule has 0 radical (unpaired) electrons. The van der Waals surface area contributed by atoms with E-state index in [1.165, 1.54) is 0 Å². The van der Waals surface area contributed by atoms with E-state index in [1.54, 1.807) is 4.90 Å². The number of aryl methyl sites for hydroxylation is 1. The maximum absolute atomic E-state index is 12.6. The van der Waals surface area contributed by atoms with Crippen LogP contribution in [0.15, 0.2) is 42.5 Å². The number of likely N-dealkylation sites (tertiary alicyclic amines) is 1. The number of aliphatic hydroxyl groups is 1. The van der Waals surface area contributed by atoms with Crippen molar-refractivity contribution in [3.63, 3.8) is 0 Å². The quantitative estimate of drug-likeness (QED) is 0.623. The number of hydrogen-bond donors (Lipinski definition) is 3. The summed E-state index contributed by atoms with van der Waals surface area (Å²) in [5.41, 5.74) is 1.72. The summed E-state index contributed by atoms with van der Waals surface area (Å²) < 4.78 is 0. The maximum atomic E-state index is 12.6. The van der Waals surface area contributed by atoms with E-state index in [4.69, 9.17) is 11.6 Å². The molecule has 0 atom stereocenters. The summed E-state index contributed by atoms with van der Waals surface area (Å²) >= 11 is 6.09.